The number of hydrogen-bond donors (Lipinski definition) is 1. The maximum Gasteiger partial charge on any atom is 0.343 e. The molecular formula is C23H19NO5. The molecule has 0 fully saturated rings. The molecule has 0 spiro atoms. The van der Waals surface area contributed by atoms with Gasteiger partial charge in [0.15, 0.2) is 0 Å². The van der Waals surface area contributed by atoms with Crippen molar-refractivity contribution in [2.75, 3.05) is 0 Å². The summed E-state index contributed by atoms with van der Waals surface area (Å²) in [5.74, 6) is -0.465. The maximum absolute atomic E-state index is 12.3. The predicted octanol–water partition coefficient (Wildman–Crippen LogP) is 5.31. The number of nitro benzene ring substituents is 1. The molecule has 0 atom stereocenters. The lowest BCUT2D eigenvalue weighted by Gasteiger charge is -2.06. The van der Waals surface area contributed by atoms with Crippen LogP contribution in [0.4, 0.5) is 5.69 Å². The third-order valence-corrected chi connectivity index (χ3v) is 4.39. The number of phenolic OH excluding ortho intramolecular Hbond substituents is 1. The van der Waals surface area contributed by atoms with Gasteiger partial charge in [-0.3, -0.25) is 10.1 Å². The van der Waals surface area contributed by atoms with Crippen LogP contribution in [-0.4, -0.2) is 16.0 Å². The van der Waals surface area contributed by atoms with Crippen molar-refractivity contribution < 1.29 is 19.6 Å². The second-order valence-corrected chi connectivity index (χ2v) is 6.57. The highest BCUT2D eigenvalue weighted by molar-refractivity contribution is 5.92. The number of aromatic hydroxyl groups is 1. The van der Waals surface area contributed by atoms with E-state index in [2.05, 4.69) is 0 Å². The van der Waals surface area contributed by atoms with Crippen molar-refractivity contribution in [1.82, 2.24) is 0 Å². The molecule has 0 unspecified atom stereocenters. The molecule has 3 aromatic rings. The van der Waals surface area contributed by atoms with Gasteiger partial charge in [-0.1, -0.05) is 36.4 Å². The lowest BCUT2D eigenvalue weighted by atomic mass is 10.0. The molecule has 3 aromatic carbocycles. The van der Waals surface area contributed by atoms with Crippen LogP contribution in [0, 0.1) is 24.0 Å². The van der Waals surface area contributed by atoms with Gasteiger partial charge < -0.3 is 9.84 Å². The summed E-state index contributed by atoms with van der Waals surface area (Å²) in [7, 11) is 0. The van der Waals surface area contributed by atoms with E-state index in [0.717, 1.165) is 22.3 Å². The van der Waals surface area contributed by atoms with Gasteiger partial charge in [0.25, 0.3) is 0 Å². The molecule has 0 aliphatic carbocycles. The van der Waals surface area contributed by atoms with Crippen LogP contribution < -0.4 is 4.74 Å². The smallest absolute Gasteiger partial charge is 0.343 e. The minimum Gasteiger partial charge on any atom is -0.507 e. The summed E-state index contributed by atoms with van der Waals surface area (Å²) < 4.78 is 5.18. The molecular weight excluding hydrogens is 370 g/mol. The summed E-state index contributed by atoms with van der Waals surface area (Å²) in [6.45, 7) is 3.69. The molecule has 3 rings (SSSR count). The standard InChI is InChI=1S/C23H19NO5/c1-15-13-18(14-16(2)22(15)25)8-7-17-9-11-19(12-10-17)23(26)29-21-6-4-3-5-20(21)24(27)28/h3-14,25H,1-2H3. The van der Waals surface area contributed by atoms with Gasteiger partial charge >= 0.3 is 11.7 Å². The molecule has 0 heterocycles. The number of para-hydroxylation sites is 2. The highest BCUT2D eigenvalue weighted by Crippen LogP contribution is 2.27. The molecule has 1 N–H and O–H groups in total. The molecule has 6 heteroatoms. The van der Waals surface area contributed by atoms with Crippen molar-refractivity contribution in [3.8, 4) is 11.5 Å². The van der Waals surface area contributed by atoms with E-state index < -0.39 is 10.9 Å². The Morgan fingerprint density at radius 3 is 2.17 bits per heavy atom. The second-order valence-electron chi connectivity index (χ2n) is 6.57. The summed E-state index contributed by atoms with van der Waals surface area (Å²) in [6, 6.07) is 16.2. The third kappa shape index (κ3) is 4.68. The maximum atomic E-state index is 12.3. The minimum atomic E-state index is -0.667. The van der Waals surface area contributed by atoms with E-state index >= 15 is 0 Å². The molecule has 0 aromatic heterocycles. The molecule has 146 valence electrons. The molecule has 0 amide bonds. The number of nitrogens with zero attached hydrogens (tertiary/aromatic N) is 1. The number of nitro groups is 1. The number of hydrogen-bond acceptors (Lipinski definition) is 5. The summed E-state index contributed by atoms with van der Waals surface area (Å²) in [5, 5.41) is 20.9. The summed E-state index contributed by atoms with van der Waals surface area (Å²) in [5.41, 5.74) is 3.46. The van der Waals surface area contributed by atoms with Crippen molar-refractivity contribution in [2.45, 2.75) is 13.8 Å². The Labute approximate surface area is 167 Å². The largest absolute Gasteiger partial charge is 0.507 e. The fourth-order valence-corrected chi connectivity index (χ4v) is 2.86. The zero-order chi connectivity index (χ0) is 21.0. The zero-order valence-electron chi connectivity index (χ0n) is 16.0. The number of benzene rings is 3. The number of carbonyl (C=O) groups is 1. The zero-order valence-corrected chi connectivity index (χ0v) is 16.0. The van der Waals surface area contributed by atoms with Gasteiger partial charge in [-0.25, -0.2) is 4.79 Å². The van der Waals surface area contributed by atoms with Crippen LogP contribution in [0.3, 0.4) is 0 Å². The number of phenols is 1. The van der Waals surface area contributed by atoms with Crippen molar-refractivity contribution in [3.63, 3.8) is 0 Å². The molecule has 0 aliphatic heterocycles. The molecule has 6 nitrogen and oxygen atoms in total. The van der Waals surface area contributed by atoms with E-state index in [4.69, 9.17) is 4.74 Å². The van der Waals surface area contributed by atoms with Crippen LogP contribution in [-0.2, 0) is 0 Å². The first kappa shape index (κ1) is 19.8. The average Bonchev–Trinajstić information content (AvgIpc) is 2.71. The van der Waals surface area contributed by atoms with Gasteiger partial charge in [-0.2, -0.15) is 0 Å². The number of esters is 1. The number of ether oxygens (including phenoxy) is 1. The monoisotopic (exact) mass is 389 g/mol. The number of aryl methyl sites for hydroxylation is 2. The van der Waals surface area contributed by atoms with Crippen LogP contribution in [0.15, 0.2) is 60.7 Å². The Hall–Kier alpha value is -3.93. The Kier molecular flexibility index (Phi) is 5.74. The van der Waals surface area contributed by atoms with E-state index in [1.54, 1.807) is 30.3 Å². The molecule has 0 radical (unpaired) electrons. The van der Waals surface area contributed by atoms with Gasteiger partial charge in [-0.15, -0.1) is 0 Å². The summed E-state index contributed by atoms with van der Waals surface area (Å²) in [6.07, 6.45) is 3.81. The highest BCUT2D eigenvalue weighted by Gasteiger charge is 2.17. The Bertz CT molecular complexity index is 1080. The van der Waals surface area contributed by atoms with Gasteiger partial charge in [-0.05, 0) is 66.4 Å². The highest BCUT2D eigenvalue weighted by atomic mass is 16.6. The van der Waals surface area contributed by atoms with Crippen LogP contribution in [0.25, 0.3) is 12.2 Å². The first-order valence-electron chi connectivity index (χ1n) is 8.89. The minimum absolute atomic E-state index is 0.0930. The lowest BCUT2D eigenvalue weighted by molar-refractivity contribution is -0.385. The lowest BCUT2D eigenvalue weighted by Crippen LogP contribution is -2.09. The molecule has 0 bridgehead atoms. The van der Waals surface area contributed by atoms with Crippen LogP contribution >= 0.6 is 0 Å². The average molecular weight is 389 g/mol. The van der Waals surface area contributed by atoms with Crippen molar-refractivity contribution >= 4 is 23.8 Å². The first-order chi connectivity index (χ1) is 13.8. The van der Waals surface area contributed by atoms with Gasteiger partial charge in [0, 0.05) is 6.07 Å². The fraction of sp³-hybridized carbons (Fsp3) is 0.0870. The van der Waals surface area contributed by atoms with E-state index in [1.165, 1.54) is 18.2 Å². The Morgan fingerprint density at radius 2 is 1.55 bits per heavy atom. The van der Waals surface area contributed by atoms with Gasteiger partial charge in [0.1, 0.15) is 5.75 Å². The van der Waals surface area contributed by atoms with Crippen molar-refractivity contribution in [1.29, 1.82) is 0 Å². The third-order valence-electron chi connectivity index (χ3n) is 4.39. The Morgan fingerprint density at radius 1 is 0.966 bits per heavy atom. The molecule has 0 saturated heterocycles. The van der Waals surface area contributed by atoms with E-state index in [-0.39, 0.29) is 17.0 Å². The molecule has 0 saturated carbocycles. The first-order valence-corrected chi connectivity index (χ1v) is 8.89. The van der Waals surface area contributed by atoms with Crippen LogP contribution in [0.2, 0.25) is 0 Å². The van der Waals surface area contributed by atoms with E-state index in [1.807, 2.05) is 38.1 Å². The Balaban J connectivity index is 1.73. The SMILES string of the molecule is Cc1cc(C=Cc2ccc(C(=O)Oc3ccccc3[N+](=O)[O-])cc2)cc(C)c1O. The topological polar surface area (TPSA) is 89.7 Å². The summed E-state index contributed by atoms with van der Waals surface area (Å²) >= 11 is 0. The van der Waals surface area contributed by atoms with Crippen LogP contribution in [0.5, 0.6) is 11.5 Å². The van der Waals surface area contributed by atoms with Crippen molar-refractivity contribution in [2.24, 2.45) is 0 Å². The molecule has 29 heavy (non-hydrogen) atoms. The van der Waals surface area contributed by atoms with Gasteiger partial charge in [0.2, 0.25) is 5.75 Å². The van der Waals surface area contributed by atoms with Crippen molar-refractivity contribution in [3.05, 3.63) is 98.6 Å². The van der Waals surface area contributed by atoms with E-state index in [9.17, 15) is 20.0 Å². The quantitative estimate of drug-likeness (QED) is 0.210. The van der Waals surface area contributed by atoms with Gasteiger partial charge in [0.05, 0.1) is 10.5 Å². The van der Waals surface area contributed by atoms with E-state index in [0.29, 0.717) is 5.75 Å². The normalized spacial score (nSPS) is 10.8. The summed E-state index contributed by atoms with van der Waals surface area (Å²) in [4.78, 5) is 22.7. The number of rotatable bonds is 5. The fourth-order valence-electron chi connectivity index (χ4n) is 2.86. The molecule has 0 aliphatic rings. The van der Waals surface area contributed by atoms with Crippen LogP contribution in [0.1, 0.15) is 32.6 Å². The predicted molar refractivity (Wildman–Crippen MR) is 111 cm³/mol. The second kappa shape index (κ2) is 8.39. The number of carbonyl (C=O) groups excluding carboxylic acids is 1.